The Kier molecular flexibility index (Phi) is 3.35. The predicted molar refractivity (Wildman–Crippen MR) is 75.9 cm³/mol. The minimum Gasteiger partial charge on any atom is -0.508 e. The highest BCUT2D eigenvalue weighted by Crippen LogP contribution is 2.45. The monoisotopic (exact) mass is 288 g/mol. The molecule has 1 aliphatic rings. The summed E-state index contributed by atoms with van der Waals surface area (Å²) in [4.78, 5) is 0. The summed E-state index contributed by atoms with van der Waals surface area (Å²) in [6.07, 6.45) is -0.623. The molecule has 3 rings (SSSR count). The van der Waals surface area contributed by atoms with Crippen LogP contribution in [0.5, 0.6) is 23.0 Å². The molecule has 110 valence electrons. The molecule has 5 heteroatoms. The van der Waals surface area contributed by atoms with Gasteiger partial charge in [0.15, 0.2) is 17.8 Å². The van der Waals surface area contributed by atoms with Gasteiger partial charge in [-0.1, -0.05) is 12.1 Å². The topological polar surface area (TPSA) is 79.2 Å². The van der Waals surface area contributed by atoms with E-state index in [4.69, 9.17) is 9.47 Å². The van der Waals surface area contributed by atoms with Crippen molar-refractivity contribution >= 4 is 0 Å². The minimum atomic E-state index is -0.941. The minimum absolute atomic E-state index is 0.0476. The molecule has 0 fully saturated rings. The summed E-state index contributed by atoms with van der Waals surface area (Å²) >= 11 is 0. The number of rotatable bonds is 2. The SMILES string of the molecule is COc1cc(C2CC(O)Oc3cccc(O)c32)ccc1O. The molecule has 21 heavy (non-hydrogen) atoms. The van der Waals surface area contributed by atoms with Crippen LogP contribution in [-0.2, 0) is 0 Å². The Balaban J connectivity index is 2.11. The molecule has 2 aromatic carbocycles. The van der Waals surface area contributed by atoms with E-state index in [0.717, 1.165) is 5.56 Å². The highest BCUT2D eigenvalue weighted by Gasteiger charge is 2.31. The van der Waals surface area contributed by atoms with Gasteiger partial charge in [0.2, 0.25) is 0 Å². The van der Waals surface area contributed by atoms with Crippen LogP contribution in [0.25, 0.3) is 0 Å². The number of phenols is 2. The van der Waals surface area contributed by atoms with E-state index in [1.807, 2.05) is 0 Å². The van der Waals surface area contributed by atoms with E-state index in [0.29, 0.717) is 23.5 Å². The molecular formula is C16H16O5. The maximum atomic E-state index is 10.1. The third-order valence-corrected chi connectivity index (χ3v) is 3.70. The van der Waals surface area contributed by atoms with E-state index in [9.17, 15) is 15.3 Å². The summed E-state index contributed by atoms with van der Waals surface area (Å²) in [6.45, 7) is 0. The Labute approximate surface area is 122 Å². The van der Waals surface area contributed by atoms with Crippen molar-refractivity contribution in [1.82, 2.24) is 0 Å². The van der Waals surface area contributed by atoms with Gasteiger partial charge in [-0.15, -0.1) is 0 Å². The number of methoxy groups -OCH3 is 1. The van der Waals surface area contributed by atoms with Crippen molar-refractivity contribution in [2.75, 3.05) is 7.11 Å². The Morgan fingerprint density at radius 1 is 1.14 bits per heavy atom. The second kappa shape index (κ2) is 5.18. The summed E-state index contributed by atoms with van der Waals surface area (Å²) in [5.41, 5.74) is 1.46. The van der Waals surface area contributed by atoms with Crippen LogP contribution in [0, 0.1) is 0 Å². The van der Waals surface area contributed by atoms with Crippen molar-refractivity contribution < 1.29 is 24.8 Å². The zero-order valence-corrected chi connectivity index (χ0v) is 11.5. The molecule has 0 bridgehead atoms. The van der Waals surface area contributed by atoms with Gasteiger partial charge in [-0.2, -0.15) is 0 Å². The molecule has 5 nitrogen and oxygen atoms in total. The molecule has 2 unspecified atom stereocenters. The summed E-state index contributed by atoms with van der Waals surface area (Å²) in [7, 11) is 1.48. The number of aliphatic hydroxyl groups excluding tert-OH is 1. The number of aromatic hydroxyl groups is 2. The van der Waals surface area contributed by atoms with Crippen molar-refractivity contribution in [2.24, 2.45) is 0 Å². The maximum Gasteiger partial charge on any atom is 0.198 e. The fourth-order valence-corrected chi connectivity index (χ4v) is 2.71. The van der Waals surface area contributed by atoms with E-state index in [1.165, 1.54) is 13.2 Å². The highest BCUT2D eigenvalue weighted by molar-refractivity contribution is 5.53. The molecule has 3 N–H and O–H groups in total. The number of hydrogen-bond donors (Lipinski definition) is 3. The van der Waals surface area contributed by atoms with Gasteiger partial charge in [0.25, 0.3) is 0 Å². The van der Waals surface area contributed by atoms with Crippen molar-refractivity contribution in [3.05, 3.63) is 47.5 Å². The lowest BCUT2D eigenvalue weighted by molar-refractivity contribution is -0.0363. The molecule has 0 saturated heterocycles. The molecule has 1 aliphatic heterocycles. The van der Waals surface area contributed by atoms with Crippen LogP contribution >= 0.6 is 0 Å². The number of fused-ring (bicyclic) bond motifs is 1. The van der Waals surface area contributed by atoms with Crippen LogP contribution < -0.4 is 9.47 Å². The Bertz CT molecular complexity index is 668. The Morgan fingerprint density at radius 3 is 2.71 bits per heavy atom. The van der Waals surface area contributed by atoms with E-state index < -0.39 is 6.29 Å². The van der Waals surface area contributed by atoms with Gasteiger partial charge in [0.05, 0.1) is 7.11 Å². The van der Waals surface area contributed by atoms with Crippen molar-refractivity contribution in [3.63, 3.8) is 0 Å². The molecule has 0 radical (unpaired) electrons. The van der Waals surface area contributed by atoms with Crippen LogP contribution in [0.1, 0.15) is 23.5 Å². The van der Waals surface area contributed by atoms with E-state index in [-0.39, 0.29) is 17.4 Å². The highest BCUT2D eigenvalue weighted by atomic mass is 16.6. The molecule has 0 saturated carbocycles. The molecule has 0 aliphatic carbocycles. The van der Waals surface area contributed by atoms with Gasteiger partial charge < -0.3 is 24.8 Å². The van der Waals surface area contributed by atoms with Gasteiger partial charge in [-0.3, -0.25) is 0 Å². The normalized spacial score (nSPS) is 20.5. The van der Waals surface area contributed by atoms with E-state index >= 15 is 0 Å². The van der Waals surface area contributed by atoms with E-state index in [2.05, 4.69) is 0 Å². The molecule has 0 spiro atoms. The fourth-order valence-electron chi connectivity index (χ4n) is 2.71. The second-order valence-corrected chi connectivity index (χ2v) is 4.98. The predicted octanol–water partition coefficient (Wildman–Crippen LogP) is 2.34. The largest absolute Gasteiger partial charge is 0.508 e. The summed E-state index contributed by atoms with van der Waals surface area (Å²) < 4.78 is 10.5. The smallest absolute Gasteiger partial charge is 0.198 e. The standard InChI is InChI=1S/C16H16O5/c1-20-14-7-9(5-6-11(14)17)10-8-15(19)21-13-4-2-3-12(18)16(10)13/h2-7,10,15,17-19H,8H2,1H3. The zero-order chi connectivity index (χ0) is 15.0. The molecule has 2 atom stereocenters. The summed E-state index contributed by atoms with van der Waals surface area (Å²) in [5, 5.41) is 29.7. The number of aliphatic hydroxyl groups is 1. The van der Waals surface area contributed by atoms with Crippen LogP contribution in [0.4, 0.5) is 0 Å². The Hall–Kier alpha value is -2.40. The molecule has 0 amide bonds. The van der Waals surface area contributed by atoms with Crippen LogP contribution in [0.2, 0.25) is 0 Å². The lowest BCUT2D eigenvalue weighted by Crippen LogP contribution is -2.25. The summed E-state index contributed by atoms with van der Waals surface area (Å²) in [5.74, 6) is 0.749. The average Bonchev–Trinajstić information content (AvgIpc) is 2.47. The molecular weight excluding hydrogens is 272 g/mol. The molecule has 0 aromatic heterocycles. The summed E-state index contributed by atoms with van der Waals surface area (Å²) in [6, 6.07) is 9.95. The first-order valence-electron chi connectivity index (χ1n) is 6.63. The molecule has 1 heterocycles. The third-order valence-electron chi connectivity index (χ3n) is 3.70. The first-order valence-corrected chi connectivity index (χ1v) is 6.63. The first-order chi connectivity index (χ1) is 10.1. The van der Waals surface area contributed by atoms with Gasteiger partial charge in [-0.25, -0.2) is 0 Å². The van der Waals surface area contributed by atoms with Gasteiger partial charge in [-0.05, 0) is 29.8 Å². The third kappa shape index (κ3) is 2.36. The fraction of sp³-hybridized carbons (Fsp3) is 0.250. The van der Waals surface area contributed by atoms with Crippen molar-refractivity contribution in [2.45, 2.75) is 18.6 Å². The van der Waals surface area contributed by atoms with Gasteiger partial charge >= 0.3 is 0 Å². The lowest BCUT2D eigenvalue weighted by atomic mass is 9.85. The Morgan fingerprint density at radius 2 is 1.95 bits per heavy atom. The molecule has 2 aromatic rings. The first kappa shape index (κ1) is 13.6. The number of ether oxygens (including phenoxy) is 2. The lowest BCUT2D eigenvalue weighted by Gasteiger charge is -2.30. The maximum absolute atomic E-state index is 10.1. The number of phenolic OH excluding ortho intramolecular Hbond substituents is 2. The quantitative estimate of drug-likeness (QED) is 0.790. The van der Waals surface area contributed by atoms with Crippen molar-refractivity contribution in [1.29, 1.82) is 0 Å². The van der Waals surface area contributed by atoms with Crippen LogP contribution in [0.3, 0.4) is 0 Å². The van der Waals surface area contributed by atoms with Gasteiger partial charge in [0.1, 0.15) is 11.5 Å². The number of hydrogen-bond acceptors (Lipinski definition) is 5. The second-order valence-electron chi connectivity index (χ2n) is 4.98. The number of benzene rings is 2. The van der Waals surface area contributed by atoms with Crippen LogP contribution in [0.15, 0.2) is 36.4 Å². The van der Waals surface area contributed by atoms with Crippen molar-refractivity contribution in [3.8, 4) is 23.0 Å². The van der Waals surface area contributed by atoms with Crippen LogP contribution in [-0.4, -0.2) is 28.7 Å². The average molecular weight is 288 g/mol. The van der Waals surface area contributed by atoms with Gasteiger partial charge in [0, 0.05) is 17.9 Å². The zero-order valence-electron chi connectivity index (χ0n) is 11.5. The van der Waals surface area contributed by atoms with E-state index in [1.54, 1.807) is 30.3 Å².